The van der Waals surface area contributed by atoms with Crippen molar-refractivity contribution in [2.45, 2.75) is 70.1 Å². The molecule has 0 radical (unpaired) electrons. The van der Waals surface area contributed by atoms with Crippen LogP contribution >= 0.6 is 0 Å². The van der Waals surface area contributed by atoms with Crippen LogP contribution in [0.2, 0.25) is 0 Å². The highest BCUT2D eigenvalue weighted by Crippen LogP contribution is 2.31. The van der Waals surface area contributed by atoms with Gasteiger partial charge in [0, 0.05) is 17.6 Å². The van der Waals surface area contributed by atoms with Gasteiger partial charge < -0.3 is 11.1 Å². The Hall–Kier alpha value is -3.06. The lowest BCUT2D eigenvalue weighted by molar-refractivity contribution is -0.129. The van der Waals surface area contributed by atoms with Crippen molar-refractivity contribution in [2.24, 2.45) is 5.73 Å². The lowest BCUT2D eigenvalue weighted by atomic mass is 9.92. The van der Waals surface area contributed by atoms with Crippen LogP contribution in [0.25, 0.3) is 22.3 Å². The van der Waals surface area contributed by atoms with E-state index in [0.717, 1.165) is 43.4 Å². The van der Waals surface area contributed by atoms with Crippen molar-refractivity contribution >= 4 is 32.7 Å². The summed E-state index contributed by atoms with van der Waals surface area (Å²) < 4.78 is 77.8. The van der Waals surface area contributed by atoms with Gasteiger partial charge in [0.1, 0.15) is 11.3 Å². The van der Waals surface area contributed by atoms with Crippen LogP contribution in [-0.4, -0.2) is 47.4 Å². The first-order valence-corrected chi connectivity index (χ1v) is 14.0. The Bertz CT molecular complexity index is 1410. The predicted molar refractivity (Wildman–Crippen MR) is 139 cm³/mol. The number of anilines is 2. The average Bonchev–Trinajstić information content (AvgIpc) is 2.84. The second-order valence-corrected chi connectivity index (χ2v) is 11.8. The standard InChI is InChI=1S/C25H30F4N6O2S/c1-14(2)18-12-21(15-3-8-20(19(26)11-15)35-38(36,37)10-9-25(27,28)29)33-22-13-31-24(34-23(18)22)32-17-6-4-16(30)5-7-17/h3,8,11-14,16-17,35H,4-7,9-10,30H2,1-2H3,(H,31,32,34). The maximum atomic E-state index is 14.8. The molecular formula is C25H30F4N6O2S. The minimum atomic E-state index is -4.64. The highest BCUT2D eigenvalue weighted by Gasteiger charge is 2.30. The van der Waals surface area contributed by atoms with Gasteiger partial charge in [0.05, 0.1) is 35.3 Å². The molecule has 0 spiro atoms. The molecule has 0 saturated heterocycles. The number of aromatic nitrogens is 3. The SMILES string of the molecule is CC(C)c1cc(-c2ccc(NS(=O)(=O)CCC(F)(F)F)c(F)c2)nc2cnc(NC3CCC(N)CC3)nc12. The molecule has 38 heavy (non-hydrogen) atoms. The van der Waals surface area contributed by atoms with Crippen LogP contribution in [0.15, 0.2) is 30.5 Å². The molecule has 0 unspecified atom stereocenters. The lowest BCUT2D eigenvalue weighted by Gasteiger charge is -2.26. The molecule has 4 rings (SSSR count). The van der Waals surface area contributed by atoms with Gasteiger partial charge >= 0.3 is 6.18 Å². The molecule has 0 aliphatic heterocycles. The Balaban J connectivity index is 1.59. The van der Waals surface area contributed by atoms with Gasteiger partial charge in [-0.05, 0) is 55.4 Å². The van der Waals surface area contributed by atoms with Gasteiger partial charge in [-0.3, -0.25) is 4.72 Å². The number of nitrogens with two attached hydrogens (primary N) is 1. The first kappa shape index (κ1) is 28.0. The van der Waals surface area contributed by atoms with Crippen LogP contribution in [0.5, 0.6) is 0 Å². The molecule has 13 heteroatoms. The van der Waals surface area contributed by atoms with E-state index < -0.39 is 39.9 Å². The van der Waals surface area contributed by atoms with E-state index in [1.54, 1.807) is 12.3 Å². The number of sulfonamides is 1. The summed E-state index contributed by atoms with van der Waals surface area (Å²) in [4.78, 5) is 13.7. The van der Waals surface area contributed by atoms with E-state index in [4.69, 9.17) is 10.7 Å². The first-order valence-electron chi connectivity index (χ1n) is 12.4. The molecule has 0 amide bonds. The number of alkyl halides is 3. The Morgan fingerprint density at radius 3 is 2.45 bits per heavy atom. The minimum Gasteiger partial charge on any atom is -0.351 e. The van der Waals surface area contributed by atoms with E-state index in [9.17, 15) is 26.0 Å². The molecule has 8 nitrogen and oxygen atoms in total. The summed E-state index contributed by atoms with van der Waals surface area (Å²) in [5, 5.41) is 3.38. The third-order valence-electron chi connectivity index (χ3n) is 6.49. The highest BCUT2D eigenvalue weighted by molar-refractivity contribution is 7.92. The van der Waals surface area contributed by atoms with Gasteiger partial charge in [-0.1, -0.05) is 19.9 Å². The largest absolute Gasteiger partial charge is 0.390 e. The Kier molecular flexibility index (Phi) is 8.07. The summed E-state index contributed by atoms with van der Waals surface area (Å²) in [5.41, 5.74) is 8.40. The molecule has 2 heterocycles. The van der Waals surface area contributed by atoms with Gasteiger partial charge in [0.2, 0.25) is 16.0 Å². The van der Waals surface area contributed by atoms with E-state index in [-0.39, 0.29) is 18.0 Å². The fourth-order valence-electron chi connectivity index (χ4n) is 4.38. The summed E-state index contributed by atoms with van der Waals surface area (Å²) in [6.07, 6.45) is -0.802. The predicted octanol–water partition coefficient (Wildman–Crippen LogP) is 5.33. The number of halogens is 4. The molecule has 1 saturated carbocycles. The first-order chi connectivity index (χ1) is 17.8. The number of fused-ring (bicyclic) bond motifs is 1. The monoisotopic (exact) mass is 554 g/mol. The molecule has 0 atom stereocenters. The van der Waals surface area contributed by atoms with Crippen molar-refractivity contribution in [3.05, 3.63) is 41.8 Å². The zero-order chi connectivity index (χ0) is 27.7. The van der Waals surface area contributed by atoms with Crippen LogP contribution in [-0.2, 0) is 10.0 Å². The van der Waals surface area contributed by atoms with Crippen molar-refractivity contribution < 1.29 is 26.0 Å². The number of hydrogen-bond acceptors (Lipinski definition) is 7. The fourth-order valence-corrected chi connectivity index (χ4v) is 5.48. The van der Waals surface area contributed by atoms with Gasteiger partial charge in [0.25, 0.3) is 0 Å². The van der Waals surface area contributed by atoms with Gasteiger partial charge in [-0.25, -0.2) is 27.8 Å². The quantitative estimate of drug-likeness (QED) is 0.322. The zero-order valence-corrected chi connectivity index (χ0v) is 21.8. The third kappa shape index (κ3) is 7.07. The molecular weight excluding hydrogens is 524 g/mol. The van der Waals surface area contributed by atoms with Gasteiger partial charge in [-0.15, -0.1) is 0 Å². The summed E-state index contributed by atoms with van der Waals surface area (Å²) in [7, 11) is -4.39. The second kappa shape index (κ2) is 11.0. The van der Waals surface area contributed by atoms with E-state index in [0.29, 0.717) is 28.2 Å². The minimum absolute atomic E-state index is 0.0549. The Morgan fingerprint density at radius 2 is 1.82 bits per heavy atom. The average molecular weight is 555 g/mol. The van der Waals surface area contributed by atoms with Crippen molar-refractivity contribution in [3.63, 3.8) is 0 Å². The normalized spacial score (nSPS) is 18.6. The molecule has 3 aromatic rings. The summed E-state index contributed by atoms with van der Waals surface area (Å²) in [5.74, 6) is -1.58. The van der Waals surface area contributed by atoms with Gasteiger partial charge in [0.15, 0.2) is 0 Å². The smallest absolute Gasteiger partial charge is 0.351 e. The number of nitrogens with one attached hydrogen (secondary N) is 2. The Labute approximate surface area is 218 Å². The number of pyridine rings is 1. The fraction of sp³-hybridized carbons (Fsp3) is 0.480. The Morgan fingerprint density at radius 1 is 1.11 bits per heavy atom. The molecule has 1 fully saturated rings. The maximum absolute atomic E-state index is 14.8. The molecule has 1 aliphatic carbocycles. The number of benzene rings is 1. The van der Waals surface area contributed by atoms with Crippen LogP contribution in [0.1, 0.15) is 57.4 Å². The summed E-state index contributed by atoms with van der Waals surface area (Å²) in [6, 6.07) is 5.98. The molecule has 4 N–H and O–H groups in total. The molecule has 1 aliphatic rings. The van der Waals surface area contributed by atoms with Crippen LogP contribution in [0.4, 0.5) is 29.2 Å². The molecule has 1 aromatic carbocycles. The van der Waals surface area contributed by atoms with Gasteiger partial charge in [-0.2, -0.15) is 13.2 Å². The topological polar surface area (TPSA) is 123 Å². The van der Waals surface area contributed by atoms with E-state index in [1.165, 1.54) is 6.07 Å². The zero-order valence-electron chi connectivity index (χ0n) is 21.0. The van der Waals surface area contributed by atoms with E-state index in [1.807, 2.05) is 18.6 Å². The van der Waals surface area contributed by atoms with Crippen LogP contribution in [0.3, 0.4) is 0 Å². The van der Waals surface area contributed by atoms with Crippen LogP contribution in [0, 0.1) is 5.82 Å². The molecule has 0 bridgehead atoms. The number of hydrogen-bond donors (Lipinski definition) is 3. The van der Waals surface area contributed by atoms with Crippen molar-refractivity contribution in [2.75, 3.05) is 15.8 Å². The molecule has 206 valence electrons. The van der Waals surface area contributed by atoms with E-state index in [2.05, 4.69) is 15.3 Å². The maximum Gasteiger partial charge on any atom is 0.390 e. The number of rotatable bonds is 8. The van der Waals surface area contributed by atoms with Crippen molar-refractivity contribution in [3.8, 4) is 11.3 Å². The summed E-state index contributed by atoms with van der Waals surface area (Å²) in [6.45, 7) is 3.99. The third-order valence-corrected chi connectivity index (χ3v) is 7.76. The highest BCUT2D eigenvalue weighted by atomic mass is 32.2. The van der Waals surface area contributed by atoms with E-state index >= 15 is 0 Å². The van der Waals surface area contributed by atoms with Crippen molar-refractivity contribution in [1.29, 1.82) is 0 Å². The molecule has 2 aromatic heterocycles. The number of nitrogens with zero attached hydrogens (tertiary/aromatic N) is 3. The van der Waals surface area contributed by atoms with Crippen LogP contribution < -0.4 is 15.8 Å². The summed E-state index contributed by atoms with van der Waals surface area (Å²) >= 11 is 0. The second-order valence-electron chi connectivity index (χ2n) is 9.92. The van der Waals surface area contributed by atoms with Crippen molar-refractivity contribution in [1.82, 2.24) is 15.0 Å². The lowest BCUT2D eigenvalue weighted by Crippen LogP contribution is -2.33.